The van der Waals surface area contributed by atoms with Gasteiger partial charge in [0.15, 0.2) is 0 Å². The van der Waals surface area contributed by atoms with E-state index < -0.39 is 0 Å². The molecule has 0 aromatic carbocycles. The van der Waals surface area contributed by atoms with Crippen LogP contribution >= 0.6 is 0 Å². The summed E-state index contributed by atoms with van der Waals surface area (Å²) in [6, 6.07) is 1.65. The van der Waals surface area contributed by atoms with Gasteiger partial charge < -0.3 is 10.2 Å². The number of nitrogens with one attached hydrogen (secondary N) is 1. The minimum atomic E-state index is 0.784. The van der Waals surface area contributed by atoms with Gasteiger partial charge in [-0.05, 0) is 64.2 Å². The van der Waals surface area contributed by atoms with Gasteiger partial charge in [-0.1, -0.05) is 13.3 Å². The van der Waals surface area contributed by atoms with Crippen LogP contribution in [0.3, 0.4) is 0 Å². The normalized spacial score (nSPS) is 34.6. The number of likely N-dealkylation sites (tertiary alicyclic amines) is 1. The topological polar surface area (TPSA) is 18.5 Å². The van der Waals surface area contributed by atoms with Crippen molar-refractivity contribution in [3.05, 3.63) is 0 Å². The van der Waals surface area contributed by atoms with Crippen LogP contribution in [0.15, 0.2) is 0 Å². The summed E-state index contributed by atoms with van der Waals surface area (Å²) in [7, 11) is 0. The molecule has 0 saturated carbocycles. The lowest BCUT2D eigenvalue weighted by Crippen LogP contribution is -2.43. The summed E-state index contributed by atoms with van der Waals surface area (Å²) in [6.45, 7) is 10.3. The predicted octanol–water partition coefficient (Wildman–Crippen LogP) is 1.93. The van der Waals surface area contributed by atoms with E-state index in [1.165, 1.54) is 77.8 Å². The quantitative estimate of drug-likeness (QED) is 0.819. The number of hydrogen-bond acceptors (Lipinski definition) is 3. The third kappa shape index (κ3) is 3.50. The van der Waals surface area contributed by atoms with Crippen LogP contribution in [-0.2, 0) is 0 Å². The van der Waals surface area contributed by atoms with Gasteiger partial charge in [-0.25, -0.2) is 0 Å². The lowest BCUT2D eigenvalue weighted by molar-refractivity contribution is 0.195. The second-order valence-corrected chi connectivity index (χ2v) is 7.02. The van der Waals surface area contributed by atoms with E-state index in [2.05, 4.69) is 22.0 Å². The second-order valence-electron chi connectivity index (χ2n) is 7.02. The van der Waals surface area contributed by atoms with Crippen LogP contribution in [0.25, 0.3) is 0 Å². The Morgan fingerprint density at radius 3 is 2.68 bits per heavy atom. The van der Waals surface area contributed by atoms with E-state index in [9.17, 15) is 0 Å². The Kier molecular flexibility index (Phi) is 4.78. The fourth-order valence-corrected chi connectivity index (χ4v) is 4.32. The van der Waals surface area contributed by atoms with Crippen LogP contribution in [0.2, 0.25) is 0 Å². The largest absolute Gasteiger partial charge is 0.312 e. The van der Waals surface area contributed by atoms with E-state index in [-0.39, 0.29) is 0 Å². The first-order valence-electron chi connectivity index (χ1n) is 8.53. The molecule has 0 aromatic rings. The van der Waals surface area contributed by atoms with E-state index in [1.54, 1.807) is 0 Å². The zero-order valence-electron chi connectivity index (χ0n) is 12.6. The van der Waals surface area contributed by atoms with Crippen molar-refractivity contribution in [1.29, 1.82) is 0 Å². The maximum atomic E-state index is 3.87. The molecule has 110 valence electrons. The molecule has 0 radical (unpaired) electrons. The molecule has 0 aliphatic carbocycles. The molecule has 3 heteroatoms. The van der Waals surface area contributed by atoms with Gasteiger partial charge in [0, 0.05) is 25.2 Å². The van der Waals surface area contributed by atoms with E-state index in [4.69, 9.17) is 0 Å². The highest BCUT2D eigenvalue weighted by Crippen LogP contribution is 2.27. The second kappa shape index (κ2) is 6.55. The molecule has 3 saturated heterocycles. The van der Waals surface area contributed by atoms with Gasteiger partial charge in [0.2, 0.25) is 0 Å². The minimum Gasteiger partial charge on any atom is -0.312 e. The van der Waals surface area contributed by atoms with Crippen molar-refractivity contribution in [2.24, 2.45) is 5.92 Å². The molecule has 1 N–H and O–H groups in total. The number of hydrogen-bond donors (Lipinski definition) is 1. The summed E-state index contributed by atoms with van der Waals surface area (Å²) in [4.78, 5) is 5.37. The van der Waals surface area contributed by atoms with Gasteiger partial charge in [-0.3, -0.25) is 4.90 Å². The van der Waals surface area contributed by atoms with Crippen molar-refractivity contribution in [3.8, 4) is 0 Å². The van der Waals surface area contributed by atoms with Crippen molar-refractivity contribution in [2.75, 3.05) is 39.3 Å². The van der Waals surface area contributed by atoms with Gasteiger partial charge in [0.05, 0.1) is 0 Å². The molecule has 3 atom stereocenters. The van der Waals surface area contributed by atoms with Gasteiger partial charge in [-0.15, -0.1) is 0 Å². The third-order valence-electron chi connectivity index (χ3n) is 5.35. The Morgan fingerprint density at radius 1 is 1.00 bits per heavy atom. The zero-order chi connectivity index (χ0) is 13.1. The number of nitrogens with zero attached hydrogens (tertiary/aromatic N) is 2. The molecule has 3 aliphatic heterocycles. The van der Waals surface area contributed by atoms with Crippen molar-refractivity contribution in [1.82, 2.24) is 15.1 Å². The fraction of sp³-hybridized carbons (Fsp3) is 1.00. The van der Waals surface area contributed by atoms with Crippen LogP contribution in [0, 0.1) is 5.92 Å². The first-order chi connectivity index (χ1) is 9.33. The van der Waals surface area contributed by atoms with Crippen molar-refractivity contribution in [2.45, 2.75) is 57.5 Å². The fourth-order valence-electron chi connectivity index (χ4n) is 4.32. The minimum absolute atomic E-state index is 0.784. The van der Waals surface area contributed by atoms with E-state index in [0.29, 0.717) is 0 Å². The molecule has 0 aromatic heterocycles. The summed E-state index contributed by atoms with van der Waals surface area (Å²) in [6.07, 6.45) is 8.51. The molecule has 0 spiro atoms. The van der Waals surface area contributed by atoms with E-state index in [1.807, 2.05) is 0 Å². The SMILES string of the molecule is CC(CNC1CCN2CCCC12)CN1CCCCC1. The monoisotopic (exact) mass is 265 g/mol. The average Bonchev–Trinajstić information content (AvgIpc) is 3.01. The summed E-state index contributed by atoms with van der Waals surface area (Å²) >= 11 is 0. The Labute approximate surface area is 118 Å². The Balaban J connectivity index is 1.37. The molecular weight excluding hydrogens is 234 g/mol. The Hall–Kier alpha value is -0.120. The summed E-state index contributed by atoms with van der Waals surface area (Å²) in [5, 5.41) is 3.87. The van der Waals surface area contributed by atoms with Crippen LogP contribution in [-0.4, -0.2) is 61.2 Å². The molecule has 3 fully saturated rings. The predicted molar refractivity (Wildman–Crippen MR) is 80.5 cm³/mol. The smallest absolute Gasteiger partial charge is 0.0250 e. The van der Waals surface area contributed by atoms with Gasteiger partial charge in [0.25, 0.3) is 0 Å². The van der Waals surface area contributed by atoms with E-state index >= 15 is 0 Å². The highest BCUT2D eigenvalue weighted by molar-refractivity contribution is 4.95. The van der Waals surface area contributed by atoms with Crippen LogP contribution in [0.1, 0.15) is 45.4 Å². The number of piperidine rings is 1. The average molecular weight is 265 g/mol. The van der Waals surface area contributed by atoms with Gasteiger partial charge in [-0.2, -0.15) is 0 Å². The molecule has 3 heterocycles. The highest BCUT2D eigenvalue weighted by Gasteiger charge is 2.36. The number of fused-ring (bicyclic) bond motifs is 1. The third-order valence-corrected chi connectivity index (χ3v) is 5.35. The Morgan fingerprint density at radius 2 is 1.84 bits per heavy atom. The van der Waals surface area contributed by atoms with Crippen molar-refractivity contribution in [3.63, 3.8) is 0 Å². The molecule has 3 nitrogen and oxygen atoms in total. The van der Waals surface area contributed by atoms with Crippen LogP contribution in [0.4, 0.5) is 0 Å². The molecule has 0 amide bonds. The summed E-state index contributed by atoms with van der Waals surface area (Å²) in [5.41, 5.74) is 0. The molecule has 3 aliphatic rings. The molecule has 19 heavy (non-hydrogen) atoms. The van der Waals surface area contributed by atoms with Crippen LogP contribution < -0.4 is 5.32 Å². The molecule has 3 unspecified atom stereocenters. The first kappa shape index (κ1) is 13.8. The van der Waals surface area contributed by atoms with E-state index in [0.717, 1.165) is 18.0 Å². The van der Waals surface area contributed by atoms with Crippen LogP contribution in [0.5, 0.6) is 0 Å². The number of rotatable bonds is 5. The van der Waals surface area contributed by atoms with Crippen molar-refractivity contribution < 1.29 is 0 Å². The highest BCUT2D eigenvalue weighted by atomic mass is 15.2. The molecule has 3 rings (SSSR count). The Bertz CT molecular complexity index is 275. The maximum absolute atomic E-state index is 3.87. The standard InChI is InChI=1S/C16H31N3/c1-14(13-18-8-3-2-4-9-18)12-17-15-7-11-19-10-5-6-16(15)19/h14-17H,2-13H2,1H3. The molecular formula is C16H31N3. The zero-order valence-corrected chi connectivity index (χ0v) is 12.6. The maximum Gasteiger partial charge on any atom is 0.0250 e. The first-order valence-corrected chi connectivity index (χ1v) is 8.53. The summed E-state index contributed by atoms with van der Waals surface area (Å²) < 4.78 is 0. The van der Waals surface area contributed by atoms with Crippen molar-refractivity contribution >= 4 is 0 Å². The van der Waals surface area contributed by atoms with Gasteiger partial charge >= 0.3 is 0 Å². The lowest BCUT2D eigenvalue weighted by atomic mass is 10.0. The summed E-state index contributed by atoms with van der Waals surface area (Å²) in [5.74, 6) is 0.800. The van der Waals surface area contributed by atoms with Gasteiger partial charge in [0.1, 0.15) is 0 Å². The molecule has 0 bridgehead atoms. The lowest BCUT2D eigenvalue weighted by Gasteiger charge is -2.30.